The molecular weight excluding hydrogens is 112 g/mol. The van der Waals surface area contributed by atoms with Crippen molar-refractivity contribution in [2.75, 3.05) is 6.61 Å². The molecule has 0 aliphatic carbocycles. The van der Waals surface area contributed by atoms with Crippen LogP contribution in [0.15, 0.2) is 12.2 Å². The maximum atomic E-state index is 8.39. The van der Waals surface area contributed by atoms with E-state index in [1.807, 2.05) is 0 Å². The normalized spacial score (nSPS) is 10.9. The lowest BCUT2D eigenvalue weighted by Crippen LogP contribution is -1.77. The Labute approximate surface area is 57.4 Å². The van der Waals surface area contributed by atoms with Crippen LogP contribution in [0, 0.1) is 0 Å². The molecule has 0 aromatic rings. The van der Waals surface area contributed by atoms with Crippen LogP contribution in [-0.2, 0) is 0 Å². The smallest absolute Gasteiger partial charge is 0.0433 e. The van der Waals surface area contributed by atoms with E-state index in [2.05, 4.69) is 19.1 Å². The van der Waals surface area contributed by atoms with E-state index in [-0.39, 0.29) is 0 Å². The molecule has 0 heterocycles. The Balaban J connectivity index is 2.86. The van der Waals surface area contributed by atoms with E-state index in [4.69, 9.17) is 5.11 Å². The van der Waals surface area contributed by atoms with Crippen molar-refractivity contribution in [2.45, 2.75) is 32.6 Å². The zero-order chi connectivity index (χ0) is 6.95. The van der Waals surface area contributed by atoms with Gasteiger partial charge in [-0.3, -0.25) is 0 Å². The summed E-state index contributed by atoms with van der Waals surface area (Å²) >= 11 is 0. The van der Waals surface area contributed by atoms with Gasteiger partial charge in [0.2, 0.25) is 0 Å². The van der Waals surface area contributed by atoms with Gasteiger partial charge < -0.3 is 5.11 Å². The quantitative estimate of drug-likeness (QED) is 0.444. The molecule has 0 aliphatic rings. The minimum Gasteiger partial charge on any atom is -0.396 e. The molecule has 0 aromatic carbocycles. The highest BCUT2D eigenvalue weighted by molar-refractivity contribution is 4.80. The van der Waals surface area contributed by atoms with Crippen molar-refractivity contribution in [3.63, 3.8) is 0 Å². The van der Waals surface area contributed by atoms with Crippen molar-refractivity contribution in [2.24, 2.45) is 0 Å². The Morgan fingerprint density at radius 3 is 2.44 bits per heavy atom. The minimum atomic E-state index is 0.316. The molecule has 9 heavy (non-hydrogen) atoms. The molecule has 54 valence electrons. The molecule has 0 rings (SSSR count). The highest BCUT2D eigenvalue weighted by Crippen LogP contribution is 1.93. The second-order valence-corrected chi connectivity index (χ2v) is 2.13. The van der Waals surface area contributed by atoms with Crippen LogP contribution in [0.1, 0.15) is 32.6 Å². The van der Waals surface area contributed by atoms with E-state index in [1.54, 1.807) is 0 Å². The van der Waals surface area contributed by atoms with E-state index in [9.17, 15) is 0 Å². The third kappa shape index (κ3) is 7.70. The minimum absolute atomic E-state index is 0.316. The molecule has 0 fully saturated rings. The fourth-order valence-corrected chi connectivity index (χ4v) is 0.612. The van der Waals surface area contributed by atoms with Crippen LogP contribution in [-0.4, -0.2) is 11.7 Å². The standard InChI is InChI=1S/C8H16O/c1-2-3-4-5-6-7-8-9/h4-5,9H,2-3,6-8H2,1H3. The van der Waals surface area contributed by atoms with Crippen molar-refractivity contribution in [1.82, 2.24) is 0 Å². The summed E-state index contributed by atoms with van der Waals surface area (Å²) in [7, 11) is 0. The Morgan fingerprint density at radius 2 is 1.89 bits per heavy atom. The first-order valence-corrected chi connectivity index (χ1v) is 3.67. The molecule has 0 atom stereocenters. The van der Waals surface area contributed by atoms with Gasteiger partial charge in [-0.05, 0) is 19.3 Å². The van der Waals surface area contributed by atoms with Crippen molar-refractivity contribution in [3.05, 3.63) is 12.2 Å². The molecule has 0 saturated heterocycles. The van der Waals surface area contributed by atoms with Crippen molar-refractivity contribution >= 4 is 0 Å². The van der Waals surface area contributed by atoms with Gasteiger partial charge in [-0.15, -0.1) is 0 Å². The van der Waals surface area contributed by atoms with Gasteiger partial charge >= 0.3 is 0 Å². The molecule has 1 heteroatoms. The summed E-state index contributed by atoms with van der Waals surface area (Å²) in [6.07, 6.45) is 8.63. The number of rotatable bonds is 5. The average molecular weight is 128 g/mol. The van der Waals surface area contributed by atoms with Gasteiger partial charge in [0.05, 0.1) is 0 Å². The third-order valence-corrected chi connectivity index (χ3v) is 1.15. The predicted molar refractivity (Wildman–Crippen MR) is 40.4 cm³/mol. The summed E-state index contributed by atoms with van der Waals surface area (Å²) < 4.78 is 0. The Bertz CT molecular complexity index is 67.0. The Kier molecular flexibility index (Phi) is 7.44. The maximum Gasteiger partial charge on any atom is 0.0433 e. The van der Waals surface area contributed by atoms with Crippen molar-refractivity contribution in [1.29, 1.82) is 0 Å². The molecule has 0 aromatic heterocycles. The number of hydrogen-bond acceptors (Lipinski definition) is 1. The summed E-state index contributed by atoms with van der Waals surface area (Å²) in [4.78, 5) is 0. The van der Waals surface area contributed by atoms with Gasteiger partial charge in [0.25, 0.3) is 0 Å². The van der Waals surface area contributed by atoms with Gasteiger partial charge in [-0.2, -0.15) is 0 Å². The van der Waals surface area contributed by atoms with Gasteiger partial charge in [0.1, 0.15) is 0 Å². The van der Waals surface area contributed by atoms with Gasteiger partial charge in [-0.25, -0.2) is 0 Å². The second kappa shape index (κ2) is 7.70. The van der Waals surface area contributed by atoms with Crippen LogP contribution in [0.25, 0.3) is 0 Å². The van der Waals surface area contributed by atoms with Crippen molar-refractivity contribution in [3.8, 4) is 0 Å². The average Bonchev–Trinajstić information content (AvgIpc) is 1.89. The number of unbranched alkanes of at least 4 members (excludes halogenated alkanes) is 2. The molecule has 0 bridgehead atoms. The highest BCUT2D eigenvalue weighted by Gasteiger charge is 1.77. The van der Waals surface area contributed by atoms with E-state index < -0.39 is 0 Å². The molecule has 0 unspecified atom stereocenters. The van der Waals surface area contributed by atoms with Crippen LogP contribution in [0.5, 0.6) is 0 Å². The Morgan fingerprint density at radius 1 is 1.22 bits per heavy atom. The fourth-order valence-electron chi connectivity index (χ4n) is 0.612. The van der Waals surface area contributed by atoms with E-state index in [0.29, 0.717) is 6.61 Å². The molecular formula is C8H16O. The van der Waals surface area contributed by atoms with Crippen LogP contribution in [0.2, 0.25) is 0 Å². The first-order chi connectivity index (χ1) is 4.41. The SMILES string of the molecule is CCCC=CCCCO. The maximum absolute atomic E-state index is 8.39. The van der Waals surface area contributed by atoms with Gasteiger partial charge in [0.15, 0.2) is 0 Å². The second-order valence-electron chi connectivity index (χ2n) is 2.13. The molecule has 0 spiro atoms. The number of hydrogen-bond donors (Lipinski definition) is 1. The van der Waals surface area contributed by atoms with Gasteiger partial charge in [0, 0.05) is 6.61 Å². The topological polar surface area (TPSA) is 20.2 Å². The van der Waals surface area contributed by atoms with E-state index >= 15 is 0 Å². The Hall–Kier alpha value is -0.300. The molecule has 1 nitrogen and oxygen atoms in total. The first kappa shape index (κ1) is 8.70. The molecule has 0 amide bonds. The first-order valence-electron chi connectivity index (χ1n) is 3.67. The lowest BCUT2D eigenvalue weighted by atomic mass is 10.2. The number of aliphatic hydroxyl groups excluding tert-OH is 1. The van der Waals surface area contributed by atoms with Crippen LogP contribution < -0.4 is 0 Å². The zero-order valence-electron chi connectivity index (χ0n) is 6.14. The third-order valence-electron chi connectivity index (χ3n) is 1.15. The monoisotopic (exact) mass is 128 g/mol. The lowest BCUT2D eigenvalue weighted by Gasteiger charge is -1.87. The summed E-state index contributed by atoms with van der Waals surface area (Å²) in [5, 5.41) is 8.39. The zero-order valence-corrected chi connectivity index (χ0v) is 6.14. The van der Waals surface area contributed by atoms with Crippen LogP contribution in [0.3, 0.4) is 0 Å². The summed E-state index contributed by atoms with van der Waals surface area (Å²) in [6.45, 7) is 2.48. The molecule has 0 aliphatic heterocycles. The molecule has 1 N–H and O–H groups in total. The summed E-state index contributed by atoms with van der Waals surface area (Å²) in [6, 6.07) is 0. The number of allylic oxidation sites excluding steroid dienone is 2. The highest BCUT2D eigenvalue weighted by atomic mass is 16.2. The largest absolute Gasteiger partial charge is 0.396 e. The number of aliphatic hydroxyl groups is 1. The summed E-state index contributed by atoms with van der Waals surface area (Å²) in [5.41, 5.74) is 0. The molecule has 0 radical (unpaired) electrons. The van der Waals surface area contributed by atoms with E-state index in [1.165, 1.54) is 12.8 Å². The fraction of sp³-hybridized carbons (Fsp3) is 0.750. The summed E-state index contributed by atoms with van der Waals surface area (Å²) in [5.74, 6) is 0. The van der Waals surface area contributed by atoms with Crippen molar-refractivity contribution < 1.29 is 5.11 Å². The lowest BCUT2D eigenvalue weighted by molar-refractivity contribution is 0.289. The van der Waals surface area contributed by atoms with Crippen LogP contribution >= 0.6 is 0 Å². The van der Waals surface area contributed by atoms with Gasteiger partial charge in [-0.1, -0.05) is 25.5 Å². The van der Waals surface area contributed by atoms with E-state index in [0.717, 1.165) is 12.8 Å². The van der Waals surface area contributed by atoms with Crippen LogP contribution in [0.4, 0.5) is 0 Å². The predicted octanol–water partition coefficient (Wildman–Crippen LogP) is 2.12. The molecule has 0 saturated carbocycles.